The number of aliphatic hydroxyl groups excluding tert-OH is 1. The van der Waals surface area contributed by atoms with Crippen molar-refractivity contribution in [2.75, 3.05) is 0 Å². The van der Waals surface area contributed by atoms with E-state index in [9.17, 15) is 9.90 Å². The van der Waals surface area contributed by atoms with Crippen LogP contribution in [0.15, 0.2) is 12.7 Å². The Balaban J connectivity index is 1.89. The molecule has 6 heteroatoms. The number of amides is 1. The third-order valence-electron chi connectivity index (χ3n) is 4.64. The van der Waals surface area contributed by atoms with Gasteiger partial charge in [0, 0.05) is 0 Å². The van der Waals surface area contributed by atoms with Crippen LogP contribution in [0.5, 0.6) is 0 Å². The lowest BCUT2D eigenvalue weighted by atomic mass is 9.90. The lowest BCUT2D eigenvalue weighted by Gasteiger charge is -2.34. The van der Waals surface area contributed by atoms with Gasteiger partial charge in [0.25, 0.3) is 5.17 Å². The van der Waals surface area contributed by atoms with E-state index < -0.39 is 10.9 Å². The first-order valence-corrected chi connectivity index (χ1v) is 7.81. The number of fused-ring (bicyclic) bond motifs is 1. The fourth-order valence-electron chi connectivity index (χ4n) is 3.73. The Bertz CT molecular complexity index is 457. The minimum absolute atomic E-state index is 0.0447. The highest BCUT2D eigenvalue weighted by Crippen LogP contribution is 2.56. The molecule has 0 aromatic heterocycles. The van der Waals surface area contributed by atoms with Gasteiger partial charge >= 0.3 is 0 Å². The van der Waals surface area contributed by atoms with Crippen molar-refractivity contribution in [1.82, 2.24) is 4.90 Å². The molecule has 0 aromatic rings. The van der Waals surface area contributed by atoms with E-state index in [-0.39, 0.29) is 22.7 Å². The zero-order chi connectivity index (χ0) is 13.8. The molecule has 3 fully saturated rings. The third-order valence-corrected chi connectivity index (χ3v) is 5.86. The normalized spacial score (nSPS) is 38.8. The highest BCUT2D eigenvalue weighted by atomic mass is 79.9. The van der Waals surface area contributed by atoms with Crippen molar-refractivity contribution in [1.29, 1.82) is 0 Å². The molecule has 2 bridgehead atoms. The van der Waals surface area contributed by atoms with E-state index in [0.717, 1.165) is 25.7 Å². The van der Waals surface area contributed by atoms with E-state index in [0.29, 0.717) is 5.92 Å². The molecule has 1 spiro atoms. The van der Waals surface area contributed by atoms with Crippen molar-refractivity contribution in [3.05, 3.63) is 12.7 Å². The number of alkyl halides is 1. The highest BCUT2D eigenvalue weighted by Gasteiger charge is 2.64. The number of rotatable bonds is 3. The molecule has 3 aliphatic rings. The summed E-state index contributed by atoms with van der Waals surface area (Å²) >= 11 is 8.47. The molecule has 2 saturated carbocycles. The first-order valence-electron chi connectivity index (χ1n) is 6.49. The molecule has 2 aliphatic carbocycles. The Morgan fingerprint density at radius 1 is 1.74 bits per heavy atom. The monoisotopic (exact) mass is 345 g/mol. The molecule has 0 radical (unpaired) electrons. The minimum Gasteiger partial charge on any atom is -0.465 e. The Hall–Kier alpha value is -0.460. The van der Waals surface area contributed by atoms with Crippen LogP contribution in [-0.2, 0) is 9.53 Å². The average molecular weight is 346 g/mol. The van der Waals surface area contributed by atoms with Gasteiger partial charge in [-0.15, -0.1) is 6.58 Å². The molecule has 4 nitrogen and oxygen atoms in total. The molecule has 104 valence electrons. The molecule has 1 heterocycles. The van der Waals surface area contributed by atoms with E-state index >= 15 is 0 Å². The minimum atomic E-state index is -0.927. The summed E-state index contributed by atoms with van der Waals surface area (Å²) < 4.78 is 5.72. The van der Waals surface area contributed by atoms with Crippen LogP contribution in [0.25, 0.3) is 0 Å². The number of thiocarbonyl (C=S) groups is 1. The molecule has 0 aromatic carbocycles. The molecular weight excluding hydrogens is 330 g/mol. The summed E-state index contributed by atoms with van der Waals surface area (Å²) in [6.07, 6.45) is 4.49. The standard InChI is InChI=1S/C13H16BrNO3S/c1-2-8(16)10(14)11(17)15-12(19)18-9-5-7-3-4-13(9,15)6-7/h2,7-10,16H,1,3-6H2/t7-,8-,9+,10+,13-/m0/s1. The molecule has 1 aliphatic heterocycles. The van der Waals surface area contributed by atoms with E-state index in [4.69, 9.17) is 17.0 Å². The number of hydrogen-bond donors (Lipinski definition) is 1. The van der Waals surface area contributed by atoms with Gasteiger partial charge in [0.1, 0.15) is 10.9 Å². The van der Waals surface area contributed by atoms with Crippen LogP contribution in [-0.4, -0.2) is 43.7 Å². The van der Waals surface area contributed by atoms with Crippen LogP contribution in [0.2, 0.25) is 0 Å². The number of hydrogen-bond acceptors (Lipinski definition) is 4. The lowest BCUT2D eigenvalue weighted by Crippen LogP contribution is -2.54. The highest BCUT2D eigenvalue weighted by molar-refractivity contribution is 9.10. The van der Waals surface area contributed by atoms with E-state index in [1.165, 1.54) is 6.08 Å². The predicted molar refractivity (Wildman–Crippen MR) is 77.9 cm³/mol. The second-order valence-corrected chi connectivity index (χ2v) is 6.96. The van der Waals surface area contributed by atoms with Crippen molar-refractivity contribution in [3.8, 4) is 0 Å². The molecule has 5 atom stereocenters. The van der Waals surface area contributed by atoms with E-state index in [2.05, 4.69) is 22.5 Å². The van der Waals surface area contributed by atoms with Crippen LogP contribution < -0.4 is 0 Å². The first kappa shape index (κ1) is 13.5. The van der Waals surface area contributed by atoms with E-state index in [1.807, 2.05) is 0 Å². The quantitative estimate of drug-likeness (QED) is 0.481. The number of ether oxygens (including phenoxy) is 1. The maximum Gasteiger partial charge on any atom is 0.267 e. The molecule has 19 heavy (non-hydrogen) atoms. The molecular formula is C13H16BrNO3S. The molecule has 3 rings (SSSR count). The van der Waals surface area contributed by atoms with Gasteiger partial charge < -0.3 is 9.84 Å². The van der Waals surface area contributed by atoms with Gasteiger partial charge in [-0.05, 0) is 43.8 Å². The first-order chi connectivity index (χ1) is 8.99. The maximum atomic E-state index is 12.6. The topological polar surface area (TPSA) is 49.8 Å². The molecule has 1 N–H and O–H groups in total. The summed E-state index contributed by atoms with van der Waals surface area (Å²) in [5.41, 5.74) is -0.258. The van der Waals surface area contributed by atoms with Gasteiger partial charge in [-0.2, -0.15) is 0 Å². The van der Waals surface area contributed by atoms with Crippen molar-refractivity contribution < 1.29 is 14.6 Å². The van der Waals surface area contributed by atoms with Gasteiger partial charge in [-0.25, -0.2) is 0 Å². The van der Waals surface area contributed by atoms with Crippen molar-refractivity contribution in [2.45, 2.75) is 48.3 Å². The Labute approximate surface area is 125 Å². The Kier molecular flexibility index (Phi) is 3.22. The average Bonchev–Trinajstić information content (AvgIpc) is 3.01. The fourth-order valence-corrected chi connectivity index (χ4v) is 4.54. The van der Waals surface area contributed by atoms with Gasteiger partial charge in [0.05, 0.1) is 11.6 Å². The van der Waals surface area contributed by atoms with Crippen LogP contribution >= 0.6 is 28.1 Å². The Morgan fingerprint density at radius 3 is 3.11 bits per heavy atom. The Morgan fingerprint density at radius 2 is 2.47 bits per heavy atom. The smallest absolute Gasteiger partial charge is 0.267 e. The van der Waals surface area contributed by atoms with Crippen LogP contribution in [0.3, 0.4) is 0 Å². The predicted octanol–water partition coefficient (Wildman–Crippen LogP) is 1.75. The number of halogens is 1. The van der Waals surface area contributed by atoms with Crippen LogP contribution in [0.4, 0.5) is 0 Å². The van der Waals surface area contributed by atoms with Crippen molar-refractivity contribution in [2.24, 2.45) is 5.92 Å². The summed E-state index contributed by atoms with van der Waals surface area (Å²) in [7, 11) is 0. The lowest BCUT2D eigenvalue weighted by molar-refractivity contribution is -0.131. The van der Waals surface area contributed by atoms with Crippen LogP contribution in [0, 0.1) is 5.92 Å². The number of nitrogens with zero attached hydrogens (tertiary/aromatic N) is 1. The summed E-state index contributed by atoms with van der Waals surface area (Å²) in [6.45, 7) is 3.51. The van der Waals surface area contributed by atoms with Crippen molar-refractivity contribution in [3.63, 3.8) is 0 Å². The third kappa shape index (κ3) is 1.80. The molecule has 1 amide bonds. The summed E-state index contributed by atoms with van der Waals surface area (Å²) in [4.78, 5) is 13.5. The summed E-state index contributed by atoms with van der Waals surface area (Å²) in [6, 6.07) is 0. The number of carbonyl (C=O) groups is 1. The van der Waals surface area contributed by atoms with E-state index in [1.54, 1.807) is 4.90 Å². The van der Waals surface area contributed by atoms with Crippen LogP contribution in [0.1, 0.15) is 25.7 Å². The number of aliphatic hydroxyl groups is 1. The molecule has 1 saturated heterocycles. The van der Waals surface area contributed by atoms with Gasteiger partial charge in [-0.3, -0.25) is 9.69 Å². The maximum absolute atomic E-state index is 12.6. The van der Waals surface area contributed by atoms with Crippen molar-refractivity contribution >= 4 is 39.2 Å². The second kappa shape index (κ2) is 4.53. The van der Waals surface area contributed by atoms with Gasteiger partial charge in [0.15, 0.2) is 0 Å². The molecule has 0 unspecified atom stereocenters. The SMILES string of the molecule is C=C[C@H](O)[C@@H](Br)C(=O)N1C(=S)O[C@@H]2C[C@@H]3CC[C@]21C3. The van der Waals surface area contributed by atoms with Gasteiger partial charge in [0.2, 0.25) is 5.91 Å². The fraction of sp³-hybridized carbons (Fsp3) is 0.692. The summed E-state index contributed by atoms with van der Waals surface area (Å²) in [5.74, 6) is 0.420. The zero-order valence-corrected chi connectivity index (χ0v) is 12.8. The second-order valence-electron chi connectivity index (χ2n) is 5.62. The largest absolute Gasteiger partial charge is 0.465 e. The summed E-state index contributed by atoms with van der Waals surface area (Å²) in [5, 5.41) is 10.0. The number of carbonyl (C=O) groups excluding carboxylic acids is 1. The van der Waals surface area contributed by atoms with Gasteiger partial charge in [-0.1, -0.05) is 22.0 Å². The zero-order valence-electron chi connectivity index (χ0n) is 10.4.